The molecule has 0 spiro atoms. The first kappa shape index (κ1) is 15.8. The molecule has 1 aromatic heterocycles. The van der Waals surface area contributed by atoms with Crippen molar-refractivity contribution in [2.45, 2.75) is 0 Å². The number of hydrogen-bond donors (Lipinski definition) is 3. The second kappa shape index (κ2) is 6.37. The Morgan fingerprint density at radius 2 is 1.52 bits per heavy atom. The number of anilines is 1. The summed E-state index contributed by atoms with van der Waals surface area (Å²) in [6.45, 7) is 0. The van der Waals surface area contributed by atoms with Crippen LogP contribution in [0, 0.1) is 0 Å². The van der Waals surface area contributed by atoms with E-state index in [0.29, 0.717) is 5.11 Å². The van der Waals surface area contributed by atoms with Crippen molar-refractivity contribution >= 4 is 39.6 Å². The second-order valence-electron chi connectivity index (χ2n) is 6.36. The van der Waals surface area contributed by atoms with Crippen LogP contribution in [0.4, 0.5) is 5.69 Å². The maximum atomic E-state index is 5.41. The number of fused-ring (bicyclic) bond motifs is 5. The molecule has 0 bridgehead atoms. The monoisotopic (exact) mass is 368 g/mol. The van der Waals surface area contributed by atoms with E-state index in [9.17, 15) is 0 Å². The van der Waals surface area contributed by atoms with Crippen LogP contribution >= 0.6 is 12.2 Å². The van der Waals surface area contributed by atoms with E-state index in [1.165, 1.54) is 0 Å². The highest BCUT2D eigenvalue weighted by Crippen LogP contribution is 2.40. The summed E-state index contributed by atoms with van der Waals surface area (Å²) in [7, 11) is 0. The van der Waals surface area contributed by atoms with Crippen molar-refractivity contribution in [1.82, 2.24) is 10.4 Å². The molecule has 5 heteroatoms. The van der Waals surface area contributed by atoms with Gasteiger partial charge >= 0.3 is 0 Å². The molecule has 4 nitrogen and oxygen atoms in total. The Morgan fingerprint density at radius 3 is 2.37 bits per heavy atom. The number of aromatic nitrogens is 1. The van der Waals surface area contributed by atoms with Gasteiger partial charge in [-0.15, -0.1) is 0 Å². The molecule has 3 aromatic carbocycles. The van der Waals surface area contributed by atoms with Crippen molar-refractivity contribution in [3.63, 3.8) is 0 Å². The summed E-state index contributed by atoms with van der Waals surface area (Å²) in [5.41, 5.74) is 10.4. The van der Waals surface area contributed by atoms with E-state index in [4.69, 9.17) is 12.2 Å². The molecular weight excluding hydrogens is 352 g/mol. The maximum Gasteiger partial charge on any atom is 0.191 e. The highest BCUT2D eigenvalue weighted by atomic mass is 32.1. The minimum Gasteiger partial charge on any atom is -0.354 e. The summed E-state index contributed by atoms with van der Waals surface area (Å²) in [4.78, 5) is 3.53. The van der Waals surface area contributed by atoms with Gasteiger partial charge in [0.05, 0.1) is 5.69 Å². The molecule has 4 aromatic rings. The molecule has 0 aliphatic heterocycles. The summed E-state index contributed by atoms with van der Waals surface area (Å²) >= 11 is 5.41. The van der Waals surface area contributed by atoms with Gasteiger partial charge in [0, 0.05) is 33.3 Å². The van der Waals surface area contributed by atoms with Crippen LogP contribution in [0.15, 0.2) is 84.0 Å². The van der Waals surface area contributed by atoms with Crippen molar-refractivity contribution < 1.29 is 0 Å². The largest absolute Gasteiger partial charge is 0.354 e. The summed E-state index contributed by atoms with van der Waals surface area (Å²) in [6.07, 6.45) is 0. The first-order chi connectivity index (χ1) is 13.3. The molecule has 1 aliphatic carbocycles. The number of para-hydroxylation sites is 2. The Hall–Kier alpha value is -3.44. The van der Waals surface area contributed by atoms with Crippen molar-refractivity contribution in [2.24, 2.45) is 5.10 Å². The normalized spacial score (nSPS) is 13.4. The molecule has 1 aliphatic rings. The number of nitrogens with zero attached hydrogens (tertiary/aromatic N) is 1. The lowest BCUT2D eigenvalue weighted by atomic mass is 10.1. The van der Waals surface area contributed by atoms with Crippen LogP contribution in [0.5, 0.6) is 0 Å². The van der Waals surface area contributed by atoms with Gasteiger partial charge in [0.15, 0.2) is 5.11 Å². The van der Waals surface area contributed by atoms with Crippen molar-refractivity contribution in [2.75, 3.05) is 5.32 Å². The molecule has 0 radical (unpaired) electrons. The van der Waals surface area contributed by atoms with Gasteiger partial charge in [-0.2, -0.15) is 5.10 Å². The predicted molar refractivity (Wildman–Crippen MR) is 115 cm³/mol. The van der Waals surface area contributed by atoms with Crippen LogP contribution in [-0.4, -0.2) is 15.8 Å². The lowest BCUT2D eigenvalue weighted by Gasteiger charge is -2.08. The smallest absolute Gasteiger partial charge is 0.191 e. The second-order valence-corrected chi connectivity index (χ2v) is 6.77. The molecule has 1 heterocycles. The molecule has 0 amide bonds. The van der Waals surface area contributed by atoms with Crippen LogP contribution in [0.25, 0.3) is 22.2 Å². The third-order valence-electron chi connectivity index (χ3n) is 4.70. The zero-order chi connectivity index (χ0) is 18.2. The van der Waals surface area contributed by atoms with Crippen LogP contribution in [-0.2, 0) is 0 Å². The fourth-order valence-electron chi connectivity index (χ4n) is 3.54. The number of hydrogen-bond acceptors (Lipinski definition) is 2. The van der Waals surface area contributed by atoms with Crippen LogP contribution < -0.4 is 10.7 Å². The lowest BCUT2D eigenvalue weighted by molar-refractivity contribution is 1.04. The molecule has 27 heavy (non-hydrogen) atoms. The SMILES string of the molecule is S=C(N/N=C1\c2ccccc2-c2[nH]c3ccccc3c21)Nc1ccccc1. The molecule has 0 saturated carbocycles. The van der Waals surface area contributed by atoms with E-state index in [-0.39, 0.29) is 0 Å². The quantitative estimate of drug-likeness (QED) is 0.307. The average molecular weight is 368 g/mol. The molecule has 130 valence electrons. The van der Waals surface area contributed by atoms with Crippen LogP contribution in [0.3, 0.4) is 0 Å². The fourth-order valence-corrected chi connectivity index (χ4v) is 3.70. The van der Waals surface area contributed by atoms with E-state index in [1.807, 2.05) is 54.6 Å². The fraction of sp³-hybridized carbons (Fsp3) is 0. The van der Waals surface area contributed by atoms with Crippen molar-refractivity contribution in [3.05, 3.63) is 90.0 Å². The summed E-state index contributed by atoms with van der Waals surface area (Å²) in [6, 6.07) is 26.4. The first-order valence-electron chi connectivity index (χ1n) is 8.72. The van der Waals surface area contributed by atoms with Crippen molar-refractivity contribution in [3.8, 4) is 11.3 Å². The lowest BCUT2D eigenvalue weighted by Crippen LogP contribution is -2.25. The van der Waals surface area contributed by atoms with E-state index < -0.39 is 0 Å². The number of thiocarbonyl (C=S) groups is 1. The Balaban J connectivity index is 1.54. The van der Waals surface area contributed by atoms with E-state index >= 15 is 0 Å². The maximum absolute atomic E-state index is 5.41. The van der Waals surface area contributed by atoms with Gasteiger partial charge in [0.1, 0.15) is 5.71 Å². The average Bonchev–Trinajstić information content (AvgIpc) is 3.22. The van der Waals surface area contributed by atoms with Gasteiger partial charge in [-0.25, -0.2) is 0 Å². The van der Waals surface area contributed by atoms with Gasteiger partial charge < -0.3 is 10.3 Å². The van der Waals surface area contributed by atoms with Crippen LogP contribution in [0.2, 0.25) is 0 Å². The Labute approximate surface area is 161 Å². The third kappa shape index (κ3) is 2.69. The highest BCUT2D eigenvalue weighted by molar-refractivity contribution is 7.80. The van der Waals surface area contributed by atoms with Gasteiger partial charge in [-0.3, -0.25) is 5.43 Å². The number of hydrazone groups is 1. The molecule has 0 unspecified atom stereocenters. The number of H-pyrrole nitrogens is 1. The van der Waals surface area contributed by atoms with Crippen LogP contribution in [0.1, 0.15) is 11.1 Å². The molecule has 5 rings (SSSR count). The number of aromatic amines is 1. The molecular formula is C22H16N4S. The highest BCUT2D eigenvalue weighted by Gasteiger charge is 2.28. The van der Waals surface area contributed by atoms with E-state index in [0.717, 1.165) is 44.7 Å². The predicted octanol–water partition coefficient (Wildman–Crippen LogP) is 4.89. The van der Waals surface area contributed by atoms with Gasteiger partial charge in [0.2, 0.25) is 0 Å². The van der Waals surface area contributed by atoms with Gasteiger partial charge in [0.25, 0.3) is 0 Å². The number of nitrogens with one attached hydrogen (secondary N) is 3. The first-order valence-corrected chi connectivity index (χ1v) is 9.12. The Morgan fingerprint density at radius 1 is 0.815 bits per heavy atom. The molecule has 0 fully saturated rings. The summed E-state index contributed by atoms with van der Waals surface area (Å²) in [5, 5.41) is 9.43. The molecule has 0 atom stereocenters. The van der Waals surface area contributed by atoms with E-state index in [2.05, 4.69) is 45.1 Å². The topological polar surface area (TPSA) is 52.2 Å². The summed E-state index contributed by atoms with van der Waals surface area (Å²) < 4.78 is 0. The third-order valence-corrected chi connectivity index (χ3v) is 4.89. The minimum absolute atomic E-state index is 0.458. The number of benzene rings is 3. The minimum atomic E-state index is 0.458. The Bertz CT molecular complexity index is 1190. The van der Waals surface area contributed by atoms with Gasteiger partial charge in [-0.1, -0.05) is 60.7 Å². The number of rotatable bonds is 2. The van der Waals surface area contributed by atoms with Crippen molar-refractivity contribution in [1.29, 1.82) is 0 Å². The Kier molecular flexibility index (Phi) is 3.73. The zero-order valence-electron chi connectivity index (χ0n) is 14.4. The van der Waals surface area contributed by atoms with Gasteiger partial charge in [-0.05, 0) is 30.4 Å². The zero-order valence-corrected chi connectivity index (χ0v) is 15.2. The summed E-state index contributed by atoms with van der Waals surface area (Å²) in [5.74, 6) is 0. The standard InChI is InChI=1S/C22H16N4S/c27-22(23-14-8-2-1-3-9-14)26-25-21-16-11-5-4-10-15(16)20-19(21)17-12-6-7-13-18(17)24-20/h1-13,24H,(H2,23,26,27)/b25-21+. The van der Waals surface area contributed by atoms with E-state index in [1.54, 1.807) is 0 Å². The molecule has 0 saturated heterocycles. The molecule has 3 N–H and O–H groups in total.